The summed E-state index contributed by atoms with van der Waals surface area (Å²) in [6.45, 7) is 19.3. The molecule has 0 aliphatic carbocycles. The van der Waals surface area contributed by atoms with E-state index in [4.69, 9.17) is 29.9 Å². The number of aromatic nitrogens is 12. The van der Waals surface area contributed by atoms with Crippen LogP contribution in [0, 0.1) is 80.5 Å². The minimum atomic E-state index is 0. The second-order valence-corrected chi connectivity index (χ2v) is 25.7. The van der Waals surface area contributed by atoms with Crippen LogP contribution in [0.25, 0.3) is 134 Å². The Morgan fingerprint density at radius 1 is 0.270 bits per heavy atom. The molecule has 9 aromatic heterocycles. The van der Waals surface area contributed by atoms with Gasteiger partial charge in [-0.2, -0.15) is 0 Å². The molecule has 18 aromatic rings. The standard InChI is InChI=1S/3C29H23N4.Ir/c3*1-19-16-20(2)28(21(3)17-19)32-15-14-31-29(32)22-11-12-25-24(18-22)27-26(10-7-13-30-27)33(25)23-8-5-4-6-9-23;/h3*4-10,12-18H,1-3H3;/q3*-1;+3. The molecule has 13 heteroatoms. The Morgan fingerprint density at radius 3 is 0.790 bits per heavy atom. The van der Waals surface area contributed by atoms with Gasteiger partial charge in [-0.05, 0) is 185 Å². The average molecular weight is 1470 g/mol. The summed E-state index contributed by atoms with van der Waals surface area (Å²) < 4.78 is 13.3. The number of pyridine rings is 3. The number of imidazole rings is 3. The molecule has 0 saturated heterocycles. The van der Waals surface area contributed by atoms with Crippen molar-refractivity contribution in [3.05, 3.63) is 324 Å². The Kier molecular flexibility index (Phi) is 17.0. The van der Waals surface area contributed by atoms with Gasteiger partial charge in [0.2, 0.25) is 0 Å². The number of nitrogens with zero attached hydrogens (tertiary/aromatic N) is 12. The molecule has 0 amide bonds. The fraction of sp³-hybridized carbons (Fsp3) is 0.103. The molecule has 0 saturated carbocycles. The number of fused-ring (bicyclic) bond motifs is 9. The Hall–Kier alpha value is -11.9. The van der Waals surface area contributed by atoms with Gasteiger partial charge in [0.1, 0.15) is 0 Å². The van der Waals surface area contributed by atoms with Crippen molar-refractivity contribution < 1.29 is 20.1 Å². The molecule has 18 rings (SSSR count). The van der Waals surface area contributed by atoms with Crippen molar-refractivity contribution in [2.45, 2.75) is 62.3 Å². The fourth-order valence-electron chi connectivity index (χ4n) is 15.0. The van der Waals surface area contributed by atoms with E-state index in [-0.39, 0.29) is 20.1 Å². The zero-order valence-electron chi connectivity index (χ0n) is 56.9. The van der Waals surface area contributed by atoms with Crippen LogP contribution in [0.2, 0.25) is 0 Å². The summed E-state index contributed by atoms with van der Waals surface area (Å²) in [6.07, 6.45) is 17.2. The summed E-state index contributed by atoms with van der Waals surface area (Å²) in [4.78, 5) is 28.4. The Labute approximate surface area is 594 Å². The summed E-state index contributed by atoms with van der Waals surface area (Å²) >= 11 is 0. The quantitative estimate of drug-likeness (QED) is 0.133. The van der Waals surface area contributed by atoms with E-state index in [9.17, 15) is 0 Å². The molecule has 0 aliphatic heterocycles. The normalized spacial score (nSPS) is 11.4. The zero-order chi connectivity index (χ0) is 67.6. The maximum atomic E-state index is 4.73. The third-order valence-electron chi connectivity index (χ3n) is 18.7. The first kappa shape index (κ1) is 64.1. The topological polar surface area (TPSA) is 107 Å². The molecule has 100 heavy (non-hydrogen) atoms. The van der Waals surface area contributed by atoms with Crippen LogP contribution in [-0.4, -0.2) is 57.3 Å². The summed E-state index contributed by atoms with van der Waals surface area (Å²) in [7, 11) is 0. The molecule has 0 fully saturated rings. The van der Waals surface area contributed by atoms with Gasteiger partial charge >= 0.3 is 20.1 Å². The Bertz CT molecular complexity index is 5440. The monoisotopic (exact) mass is 1470 g/mol. The van der Waals surface area contributed by atoms with Gasteiger partial charge in [0, 0.05) is 89.9 Å². The van der Waals surface area contributed by atoms with E-state index in [0.29, 0.717) is 0 Å². The van der Waals surface area contributed by atoms with Crippen LogP contribution in [0.3, 0.4) is 0 Å². The van der Waals surface area contributed by atoms with Crippen molar-refractivity contribution in [1.82, 2.24) is 57.3 Å². The number of aryl methyl sites for hydroxylation is 9. The summed E-state index contributed by atoms with van der Waals surface area (Å²) in [6, 6.07) is 80.1. The Morgan fingerprint density at radius 2 is 0.530 bits per heavy atom. The predicted octanol–water partition coefficient (Wildman–Crippen LogP) is 20.3. The first-order valence-electron chi connectivity index (χ1n) is 33.3. The SMILES string of the molecule is Cc1cc(C)c(-n2ccnc2-c2[c-]cc3c(c2)c2ncccc2n3-c2ccccc2)c(C)c1.Cc1cc(C)c(-n2ccnc2-c2[c-]cc3c(c2)c2ncccc2n3-c2ccccc2)c(C)c1.Cc1cc(C)c(-n2ccnc2-c2[c-]cc3c(c2)c2ncccc2n3-c2ccccc2)c(C)c1.[Ir+3]. The van der Waals surface area contributed by atoms with Gasteiger partial charge in [-0.1, -0.05) is 124 Å². The molecule has 0 unspecified atom stereocenters. The van der Waals surface area contributed by atoms with Crippen molar-refractivity contribution in [2.24, 2.45) is 0 Å². The van der Waals surface area contributed by atoms with Gasteiger partial charge in [-0.15, -0.1) is 71.3 Å². The molecule has 0 N–H and O–H groups in total. The van der Waals surface area contributed by atoms with E-state index in [2.05, 4.69) is 272 Å². The maximum absolute atomic E-state index is 4.73. The molecular formula is C87H69IrN12. The number of rotatable bonds is 9. The first-order chi connectivity index (χ1) is 48.3. The van der Waals surface area contributed by atoms with Crippen molar-refractivity contribution in [3.8, 4) is 68.3 Å². The molecule has 9 heterocycles. The van der Waals surface area contributed by atoms with Crippen LogP contribution >= 0.6 is 0 Å². The average Bonchev–Trinajstić information content (AvgIpc) is 1.59. The zero-order valence-corrected chi connectivity index (χ0v) is 59.3. The maximum Gasteiger partial charge on any atom is 3.00 e. The molecule has 486 valence electrons. The van der Waals surface area contributed by atoms with Gasteiger partial charge in [-0.3, -0.25) is 29.9 Å². The van der Waals surface area contributed by atoms with Gasteiger partial charge < -0.3 is 27.4 Å². The third kappa shape index (κ3) is 11.4. The van der Waals surface area contributed by atoms with Crippen LogP contribution in [0.15, 0.2) is 256 Å². The molecule has 9 aromatic carbocycles. The van der Waals surface area contributed by atoms with Crippen LogP contribution in [0.1, 0.15) is 50.1 Å². The van der Waals surface area contributed by atoms with Crippen molar-refractivity contribution >= 4 is 65.8 Å². The van der Waals surface area contributed by atoms with Crippen molar-refractivity contribution in [3.63, 3.8) is 0 Å². The second-order valence-electron chi connectivity index (χ2n) is 25.7. The number of hydrogen-bond donors (Lipinski definition) is 0. The number of hydrogen-bond acceptors (Lipinski definition) is 6. The summed E-state index contributed by atoms with van der Waals surface area (Å²) in [5.74, 6) is 2.63. The summed E-state index contributed by atoms with van der Waals surface area (Å²) in [5.41, 5.74) is 30.3. The van der Waals surface area contributed by atoms with Gasteiger partial charge in [0.15, 0.2) is 0 Å². The molecule has 0 atom stereocenters. The number of benzene rings is 9. The molecule has 0 aliphatic rings. The number of para-hydroxylation sites is 3. The molecule has 0 radical (unpaired) electrons. The minimum Gasteiger partial charge on any atom is -0.349 e. The van der Waals surface area contributed by atoms with Crippen LogP contribution in [0.4, 0.5) is 0 Å². The van der Waals surface area contributed by atoms with E-state index in [1.54, 1.807) is 0 Å². The van der Waals surface area contributed by atoms with Gasteiger partial charge in [-0.25, -0.2) is 0 Å². The molecule has 0 spiro atoms. The summed E-state index contributed by atoms with van der Waals surface area (Å²) in [5, 5.41) is 3.28. The van der Waals surface area contributed by atoms with E-state index < -0.39 is 0 Å². The van der Waals surface area contributed by atoms with E-state index in [0.717, 1.165) is 117 Å². The van der Waals surface area contributed by atoms with E-state index in [1.807, 2.05) is 92.2 Å². The van der Waals surface area contributed by atoms with Crippen LogP contribution < -0.4 is 0 Å². The fourth-order valence-corrected chi connectivity index (χ4v) is 15.0. The van der Waals surface area contributed by atoms with Crippen molar-refractivity contribution in [1.29, 1.82) is 0 Å². The third-order valence-corrected chi connectivity index (χ3v) is 18.7. The predicted molar refractivity (Wildman–Crippen MR) is 403 cm³/mol. The second kappa shape index (κ2) is 26.5. The van der Waals surface area contributed by atoms with E-state index in [1.165, 1.54) is 67.1 Å². The van der Waals surface area contributed by atoms with Gasteiger partial charge in [0.05, 0.1) is 50.6 Å². The minimum absolute atomic E-state index is 0. The Balaban J connectivity index is 0.000000121. The van der Waals surface area contributed by atoms with Crippen LogP contribution in [-0.2, 0) is 20.1 Å². The van der Waals surface area contributed by atoms with Crippen LogP contribution in [0.5, 0.6) is 0 Å². The molecule has 12 nitrogen and oxygen atoms in total. The van der Waals surface area contributed by atoms with Gasteiger partial charge in [0.25, 0.3) is 0 Å². The molecule has 0 bridgehead atoms. The molecular weight excluding hydrogens is 1410 g/mol. The smallest absolute Gasteiger partial charge is 0.349 e. The van der Waals surface area contributed by atoms with Crippen molar-refractivity contribution in [2.75, 3.05) is 0 Å². The largest absolute Gasteiger partial charge is 3.00 e. The van der Waals surface area contributed by atoms with E-state index >= 15 is 0 Å². The first-order valence-corrected chi connectivity index (χ1v) is 33.3.